The number of carbonyl (C=O) groups is 3. The summed E-state index contributed by atoms with van der Waals surface area (Å²) in [4.78, 5) is 35.9. The molecule has 0 saturated heterocycles. The number of rotatable bonds is 4. The van der Waals surface area contributed by atoms with Crippen LogP contribution in [0.1, 0.15) is 17.3 Å². The molecule has 5 N–H and O–H groups in total. The summed E-state index contributed by atoms with van der Waals surface area (Å²) in [7, 11) is 0. The average Bonchev–Trinajstić information content (AvgIpc) is 2.97. The van der Waals surface area contributed by atoms with E-state index in [1.165, 1.54) is 0 Å². The summed E-state index contributed by atoms with van der Waals surface area (Å²) >= 11 is 1.14. The number of nitrogens with zero attached hydrogens (tertiary/aromatic N) is 2. The molecule has 11 heteroatoms. The van der Waals surface area contributed by atoms with Crippen LogP contribution in [0.25, 0.3) is 0 Å². The second-order valence-electron chi connectivity index (χ2n) is 4.78. The van der Waals surface area contributed by atoms with Gasteiger partial charge in [0.25, 0.3) is 0 Å². The highest BCUT2D eigenvalue weighted by molar-refractivity contribution is 7.98. The molecular formula is C15H18N6O4S. The van der Waals surface area contributed by atoms with Crippen LogP contribution in [0.15, 0.2) is 35.4 Å². The number of carbonyl (C=O) groups excluding carboxylic acids is 3. The minimum atomic E-state index is -0.837. The number of hydrogen-bond donors (Lipinski definition) is 4. The number of aromatic nitrogens is 2. The molecule has 1 aromatic carbocycles. The van der Waals surface area contributed by atoms with Gasteiger partial charge in [-0.1, -0.05) is 18.2 Å². The van der Waals surface area contributed by atoms with Crippen LogP contribution in [0.4, 0.5) is 21.1 Å². The van der Waals surface area contributed by atoms with Crippen molar-refractivity contribution in [2.75, 3.05) is 23.9 Å². The van der Waals surface area contributed by atoms with Gasteiger partial charge in [-0.3, -0.25) is 0 Å². The van der Waals surface area contributed by atoms with Gasteiger partial charge in [-0.2, -0.15) is 9.78 Å². The van der Waals surface area contributed by atoms with Crippen LogP contribution < -0.4 is 21.9 Å². The number of thioether (sulfide) groups is 1. The fraction of sp³-hybridized carbons (Fsp3) is 0.200. The van der Waals surface area contributed by atoms with E-state index in [4.69, 9.17) is 10.5 Å². The molecule has 138 valence electrons. The highest BCUT2D eigenvalue weighted by Crippen LogP contribution is 2.25. The van der Waals surface area contributed by atoms with E-state index >= 15 is 0 Å². The average molecular weight is 378 g/mol. The third-order valence-electron chi connectivity index (χ3n) is 3.07. The molecule has 1 heterocycles. The molecule has 0 saturated carbocycles. The van der Waals surface area contributed by atoms with Gasteiger partial charge in [-0.15, -0.1) is 11.8 Å². The minimum Gasteiger partial charge on any atom is -0.462 e. The van der Waals surface area contributed by atoms with Crippen LogP contribution in [-0.4, -0.2) is 40.7 Å². The lowest BCUT2D eigenvalue weighted by Gasteiger charge is -2.09. The van der Waals surface area contributed by atoms with Gasteiger partial charge in [-0.25, -0.2) is 25.2 Å². The van der Waals surface area contributed by atoms with Crippen molar-refractivity contribution in [2.24, 2.45) is 0 Å². The summed E-state index contributed by atoms with van der Waals surface area (Å²) in [5.41, 5.74) is 10.7. The summed E-state index contributed by atoms with van der Waals surface area (Å²) < 4.78 is 5.69. The molecule has 2 rings (SSSR count). The van der Waals surface area contributed by atoms with Crippen LogP contribution in [0, 0.1) is 0 Å². The predicted molar refractivity (Wildman–Crippen MR) is 96.9 cm³/mol. The quantitative estimate of drug-likeness (QED) is 0.360. The number of urea groups is 1. The molecular weight excluding hydrogens is 360 g/mol. The monoisotopic (exact) mass is 378 g/mol. The van der Waals surface area contributed by atoms with Gasteiger partial charge in [0.2, 0.25) is 0 Å². The Balaban J connectivity index is 2.05. The Morgan fingerprint density at radius 1 is 1.23 bits per heavy atom. The summed E-state index contributed by atoms with van der Waals surface area (Å²) in [6.45, 7) is 1.81. The number of nitrogen functional groups attached to an aromatic ring is 1. The van der Waals surface area contributed by atoms with E-state index in [2.05, 4.69) is 21.3 Å². The molecule has 10 nitrogen and oxygen atoms in total. The maximum absolute atomic E-state index is 12.2. The van der Waals surface area contributed by atoms with Gasteiger partial charge in [-0.05, 0) is 25.3 Å². The number of hydrogen-bond acceptors (Lipinski definition) is 7. The highest BCUT2D eigenvalue weighted by atomic mass is 32.2. The molecule has 26 heavy (non-hydrogen) atoms. The largest absolute Gasteiger partial charge is 0.462 e. The van der Waals surface area contributed by atoms with Crippen LogP contribution in [0.5, 0.6) is 0 Å². The first-order valence-electron chi connectivity index (χ1n) is 7.49. The molecule has 0 radical (unpaired) electrons. The number of benzene rings is 1. The van der Waals surface area contributed by atoms with Crippen molar-refractivity contribution < 1.29 is 19.1 Å². The Bertz CT molecular complexity index is 808. The lowest BCUT2D eigenvalue weighted by atomic mass is 10.3. The molecule has 3 amide bonds. The zero-order valence-corrected chi connectivity index (χ0v) is 14.9. The first-order chi connectivity index (χ1) is 12.5. The van der Waals surface area contributed by atoms with Gasteiger partial charge >= 0.3 is 18.0 Å². The van der Waals surface area contributed by atoms with Gasteiger partial charge in [0.1, 0.15) is 16.4 Å². The Kier molecular flexibility index (Phi) is 6.44. The van der Waals surface area contributed by atoms with E-state index in [0.717, 1.165) is 16.4 Å². The zero-order chi connectivity index (χ0) is 19.1. The second kappa shape index (κ2) is 8.76. The number of para-hydroxylation sites is 1. The van der Waals surface area contributed by atoms with E-state index in [1.807, 2.05) is 0 Å². The number of nitrogens with two attached hydrogens (primary N) is 1. The molecule has 0 aliphatic rings. The maximum atomic E-state index is 12.2. The normalized spacial score (nSPS) is 10.1. The molecule has 0 bridgehead atoms. The minimum absolute atomic E-state index is 0.00300. The second-order valence-corrected chi connectivity index (χ2v) is 5.57. The summed E-state index contributed by atoms with van der Waals surface area (Å²) in [6.07, 6.45) is 1.68. The van der Waals surface area contributed by atoms with Crippen LogP contribution in [-0.2, 0) is 4.74 Å². The van der Waals surface area contributed by atoms with Crippen LogP contribution in [0.2, 0.25) is 0 Å². The Morgan fingerprint density at radius 3 is 2.54 bits per heavy atom. The highest BCUT2D eigenvalue weighted by Gasteiger charge is 2.25. The summed E-state index contributed by atoms with van der Waals surface area (Å²) in [6, 6.07) is 7.17. The zero-order valence-electron chi connectivity index (χ0n) is 14.1. The first-order valence-corrected chi connectivity index (χ1v) is 8.72. The molecule has 0 aliphatic heterocycles. The summed E-state index contributed by atoms with van der Waals surface area (Å²) in [5, 5.41) is 6.73. The topological polar surface area (TPSA) is 140 Å². The van der Waals surface area contributed by atoms with E-state index in [-0.39, 0.29) is 23.0 Å². The van der Waals surface area contributed by atoms with Crippen molar-refractivity contribution in [3.8, 4) is 0 Å². The summed E-state index contributed by atoms with van der Waals surface area (Å²) in [5.74, 6) is -0.862. The number of hydrazine groups is 1. The molecule has 1 aromatic heterocycles. The van der Waals surface area contributed by atoms with Crippen LogP contribution in [0.3, 0.4) is 0 Å². The van der Waals surface area contributed by atoms with Crippen molar-refractivity contribution >= 4 is 41.3 Å². The van der Waals surface area contributed by atoms with Gasteiger partial charge < -0.3 is 15.8 Å². The molecule has 0 spiro atoms. The van der Waals surface area contributed by atoms with Gasteiger partial charge in [0, 0.05) is 5.69 Å². The number of esters is 1. The van der Waals surface area contributed by atoms with Gasteiger partial charge in [0.05, 0.1) is 6.61 Å². The SMILES string of the molecule is CCOC(=O)c1c(SC)nn(C(=O)NNC(=O)Nc2ccccc2)c1N. The Hall–Kier alpha value is -3.21. The molecule has 0 aliphatic carbocycles. The molecule has 0 fully saturated rings. The lowest BCUT2D eigenvalue weighted by molar-refractivity contribution is 0.0523. The predicted octanol–water partition coefficient (Wildman–Crippen LogP) is 1.66. The van der Waals surface area contributed by atoms with Crippen molar-refractivity contribution in [2.45, 2.75) is 11.9 Å². The number of nitrogens with one attached hydrogen (secondary N) is 3. The fourth-order valence-electron chi connectivity index (χ4n) is 1.95. The molecule has 0 unspecified atom stereocenters. The van der Waals surface area contributed by atoms with Crippen molar-refractivity contribution in [3.05, 3.63) is 35.9 Å². The number of ether oxygens (including phenoxy) is 1. The fourth-order valence-corrected chi connectivity index (χ4v) is 2.51. The van der Waals surface area contributed by atoms with E-state index < -0.39 is 18.0 Å². The number of amides is 3. The van der Waals surface area contributed by atoms with E-state index in [1.54, 1.807) is 43.5 Å². The Labute approximate surface area is 153 Å². The smallest absolute Gasteiger partial charge is 0.362 e. The Morgan fingerprint density at radius 2 is 1.92 bits per heavy atom. The third kappa shape index (κ3) is 4.45. The lowest BCUT2D eigenvalue weighted by Crippen LogP contribution is -2.46. The van der Waals surface area contributed by atoms with Gasteiger partial charge in [0.15, 0.2) is 0 Å². The third-order valence-corrected chi connectivity index (χ3v) is 3.74. The number of anilines is 2. The van der Waals surface area contributed by atoms with Crippen molar-refractivity contribution in [3.63, 3.8) is 0 Å². The van der Waals surface area contributed by atoms with E-state index in [0.29, 0.717) is 5.69 Å². The van der Waals surface area contributed by atoms with E-state index in [9.17, 15) is 14.4 Å². The van der Waals surface area contributed by atoms with Crippen molar-refractivity contribution in [1.29, 1.82) is 0 Å². The van der Waals surface area contributed by atoms with Crippen molar-refractivity contribution in [1.82, 2.24) is 20.6 Å². The standard InChI is InChI=1S/C15H18N6O4S/c1-3-25-13(22)10-11(16)21(20-12(10)26-2)15(24)19-18-14(23)17-9-7-5-4-6-8-9/h4-8H,3,16H2,1-2H3,(H,19,24)(H2,17,18,23). The first kappa shape index (κ1) is 19.1. The van der Waals surface area contributed by atoms with Crippen LogP contribution >= 0.6 is 11.8 Å². The molecule has 2 aromatic rings. The molecule has 0 atom stereocenters. The maximum Gasteiger partial charge on any atom is 0.362 e.